The maximum absolute atomic E-state index is 10.1. The van der Waals surface area contributed by atoms with Crippen LogP contribution in [-0.2, 0) is 0 Å². The first-order valence-corrected chi connectivity index (χ1v) is 5.94. The van der Waals surface area contributed by atoms with Gasteiger partial charge in [-0.25, -0.2) is 0 Å². The number of aliphatic hydroxyl groups is 1. The molecule has 0 unspecified atom stereocenters. The van der Waals surface area contributed by atoms with Gasteiger partial charge in [-0.2, -0.15) is 0 Å². The van der Waals surface area contributed by atoms with E-state index < -0.39 is 5.60 Å². The molecule has 1 aromatic heterocycles. The van der Waals surface area contributed by atoms with Crippen LogP contribution in [0.4, 0.5) is 0 Å². The highest BCUT2D eigenvalue weighted by Gasteiger charge is 2.21. The lowest BCUT2D eigenvalue weighted by Crippen LogP contribution is -2.29. The summed E-state index contributed by atoms with van der Waals surface area (Å²) in [7, 11) is 0. The Balaban J connectivity index is 2.48. The van der Waals surface area contributed by atoms with Crippen LogP contribution in [0.2, 0.25) is 0 Å². The van der Waals surface area contributed by atoms with Gasteiger partial charge >= 0.3 is 0 Å². The minimum atomic E-state index is -0.520. The van der Waals surface area contributed by atoms with Crippen molar-refractivity contribution < 1.29 is 5.11 Å². The third-order valence-electron chi connectivity index (χ3n) is 2.47. The van der Waals surface area contributed by atoms with Crippen molar-refractivity contribution in [3.8, 4) is 0 Å². The van der Waals surface area contributed by atoms with Crippen LogP contribution < -0.4 is 0 Å². The summed E-state index contributed by atoms with van der Waals surface area (Å²) in [6.07, 6.45) is 5.17. The lowest BCUT2D eigenvalue weighted by molar-refractivity contribution is 0.0572. The Bertz CT molecular complexity index is 259. The summed E-state index contributed by atoms with van der Waals surface area (Å²) in [5, 5.41) is 10.1. The van der Waals surface area contributed by atoms with E-state index in [0.29, 0.717) is 0 Å². The van der Waals surface area contributed by atoms with Gasteiger partial charge in [0.2, 0.25) is 0 Å². The van der Waals surface area contributed by atoms with Gasteiger partial charge in [0, 0.05) is 23.0 Å². The molecule has 0 aromatic carbocycles. The van der Waals surface area contributed by atoms with Crippen LogP contribution in [0.15, 0.2) is 29.4 Å². The second kappa shape index (κ2) is 5.37. The minimum Gasteiger partial charge on any atom is -0.389 e. The van der Waals surface area contributed by atoms with Gasteiger partial charge in [-0.3, -0.25) is 4.98 Å². The van der Waals surface area contributed by atoms with Gasteiger partial charge in [0.05, 0.1) is 5.60 Å². The van der Waals surface area contributed by atoms with E-state index in [2.05, 4.69) is 4.98 Å². The highest BCUT2D eigenvalue weighted by molar-refractivity contribution is 7.99. The molecule has 0 saturated carbocycles. The molecule has 0 bridgehead atoms. The van der Waals surface area contributed by atoms with Crippen LogP contribution in [0.3, 0.4) is 0 Å². The lowest BCUT2D eigenvalue weighted by Gasteiger charge is -2.24. The Morgan fingerprint density at radius 1 is 1.29 bits per heavy atom. The fourth-order valence-electron chi connectivity index (χ4n) is 1.11. The van der Waals surface area contributed by atoms with E-state index in [1.165, 1.54) is 4.90 Å². The monoisotopic (exact) mass is 211 g/mol. The molecule has 1 N–H and O–H groups in total. The van der Waals surface area contributed by atoms with Crippen molar-refractivity contribution in [3.63, 3.8) is 0 Å². The standard InChI is InChI=1S/C11H17NOS/c1-3-11(13,4-2)9-14-10-5-7-12-8-6-10/h5-8,13H,3-4,9H2,1-2H3. The van der Waals surface area contributed by atoms with Gasteiger partial charge in [-0.15, -0.1) is 11.8 Å². The van der Waals surface area contributed by atoms with Crippen molar-refractivity contribution in [1.82, 2.24) is 4.98 Å². The number of nitrogens with zero attached hydrogens (tertiary/aromatic N) is 1. The molecule has 0 aliphatic carbocycles. The summed E-state index contributed by atoms with van der Waals surface area (Å²) in [5.41, 5.74) is -0.520. The molecule has 1 aromatic rings. The molecule has 0 spiro atoms. The minimum absolute atomic E-state index is 0.520. The third kappa shape index (κ3) is 3.31. The smallest absolute Gasteiger partial charge is 0.0736 e. The fourth-order valence-corrected chi connectivity index (χ4v) is 2.26. The number of thioether (sulfide) groups is 1. The number of hydrogen-bond acceptors (Lipinski definition) is 3. The molecule has 2 nitrogen and oxygen atoms in total. The van der Waals surface area contributed by atoms with E-state index >= 15 is 0 Å². The number of hydrogen-bond donors (Lipinski definition) is 1. The Labute approximate surface area is 89.8 Å². The zero-order valence-corrected chi connectivity index (χ0v) is 9.55. The lowest BCUT2D eigenvalue weighted by atomic mass is 10.0. The van der Waals surface area contributed by atoms with E-state index in [4.69, 9.17) is 0 Å². The van der Waals surface area contributed by atoms with Crippen LogP contribution >= 0.6 is 11.8 Å². The normalized spacial score (nSPS) is 11.6. The average Bonchev–Trinajstić information content (AvgIpc) is 2.27. The van der Waals surface area contributed by atoms with Gasteiger partial charge in [0.15, 0.2) is 0 Å². The van der Waals surface area contributed by atoms with Crippen molar-refractivity contribution in [1.29, 1.82) is 0 Å². The van der Waals surface area contributed by atoms with E-state index in [0.717, 1.165) is 18.6 Å². The molecule has 0 atom stereocenters. The summed E-state index contributed by atoms with van der Waals surface area (Å²) in [4.78, 5) is 5.12. The van der Waals surface area contributed by atoms with Crippen molar-refractivity contribution in [2.45, 2.75) is 37.2 Å². The topological polar surface area (TPSA) is 33.1 Å². The summed E-state index contributed by atoms with van der Waals surface area (Å²) in [6.45, 7) is 4.05. The molecule has 14 heavy (non-hydrogen) atoms. The molecular weight excluding hydrogens is 194 g/mol. The van der Waals surface area contributed by atoms with Crippen LogP contribution in [0.5, 0.6) is 0 Å². The molecule has 0 fully saturated rings. The molecule has 0 aliphatic heterocycles. The van der Waals surface area contributed by atoms with Crippen LogP contribution in [-0.4, -0.2) is 21.4 Å². The molecule has 1 rings (SSSR count). The van der Waals surface area contributed by atoms with Crippen LogP contribution in [0, 0.1) is 0 Å². The number of aromatic nitrogens is 1. The van der Waals surface area contributed by atoms with Gasteiger partial charge in [-0.05, 0) is 25.0 Å². The Kier molecular flexibility index (Phi) is 4.42. The Morgan fingerprint density at radius 2 is 1.86 bits per heavy atom. The van der Waals surface area contributed by atoms with Crippen LogP contribution in [0.1, 0.15) is 26.7 Å². The zero-order valence-electron chi connectivity index (χ0n) is 8.73. The summed E-state index contributed by atoms with van der Waals surface area (Å²) >= 11 is 1.69. The van der Waals surface area contributed by atoms with Gasteiger partial charge < -0.3 is 5.11 Å². The Morgan fingerprint density at radius 3 is 2.36 bits per heavy atom. The largest absolute Gasteiger partial charge is 0.389 e. The number of pyridine rings is 1. The highest BCUT2D eigenvalue weighted by atomic mass is 32.2. The van der Waals surface area contributed by atoms with Gasteiger partial charge in [0.1, 0.15) is 0 Å². The van der Waals surface area contributed by atoms with Gasteiger partial charge in [0.25, 0.3) is 0 Å². The SMILES string of the molecule is CCC(O)(CC)CSc1ccncc1. The third-order valence-corrected chi connectivity index (χ3v) is 3.76. The van der Waals surface area contributed by atoms with Crippen molar-refractivity contribution in [3.05, 3.63) is 24.5 Å². The first-order chi connectivity index (χ1) is 6.70. The summed E-state index contributed by atoms with van der Waals surface area (Å²) in [5.74, 6) is 0.754. The van der Waals surface area contributed by atoms with E-state index in [-0.39, 0.29) is 0 Å². The molecule has 0 aliphatic rings. The van der Waals surface area contributed by atoms with E-state index in [1.54, 1.807) is 24.2 Å². The van der Waals surface area contributed by atoms with Crippen molar-refractivity contribution >= 4 is 11.8 Å². The van der Waals surface area contributed by atoms with Gasteiger partial charge in [-0.1, -0.05) is 13.8 Å². The molecule has 1 heterocycles. The highest BCUT2D eigenvalue weighted by Crippen LogP contribution is 2.25. The van der Waals surface area contributed by atoms with Crippen molar-refractivity contribution in [2.75, 3.05) is 5.75 Å². The van der Waals surface area contributed by atoms with E-state index in [1.807, 2.05) is 26.0 Å². The average molecular weight is 211 g/mol. The second-order valence-electron chi connectivity index (χ2n) is 3.40. The predicted molar refractivity (Wildman–Crippen MR) is 60.5 cm³/mol. The Hall–Kier alpha value is -0.540. The maximum Gasteiger partial charge on any atom is 0.0736 e. The molecule has 78 valence electrons. The first kappa shape index (κ1) is 11.5. The quantitative estimate of drug-likeness (QED) is 0.760. The first-order valence-electron chi connectivity index (χ1n) is 4.95. The molecule has 0 amide bonds. The van der Waals surface area contributed by atoms with E-state index in [9.17, 15) is 5.11 Å². The molecule has 0 radical (unpaired) electrons. The van der Waals surface area contributed by atoms with Crippen LogP contribution in [0.25, 0.3) is 0 Å². The fraction of sp³-hybridized carbons (Fsp3) is 0.545. The number of rotatable bonds is 5. The van der Waals surface area contributed by atoms with Crippen molar-refractivity contribution in [2.24, 2.45) is 0 Å². The zero-order chi connectivity index (χ0) is 10.4. The molecular formula is C11H17NOS. The molecule has 0 saturated heterocycles. The maximum atomic E-state index is 10.1. The predicted octanol–water partition coefficient (Wildman–Crippen LogP) is 2.72. The summed E-state index contributed by atoms with van der Waals surface area (Å²) in [6, 6.07) is 3.94. The molecule has 3 heteroatoms. The second-order valence-corrected chi connectivity index (χ2v) is 4.45. The summed E-state index contributed by atoms with van der Waals surface area (Å²) < 4.78 is 0.